The van der Waals surface area contributed by atoms with Crippen LogP contribution in [0.1, 0.15) is 103 Å². The lowest BCUT2D eigenvalue weighted by atomic mass is 9.81. The molecule has 140 valence electrons. The zero-order valence-corrected chi connectivity index (χ0v) is 18.3. The average molecular weight is 360 g/mol. The first kappa shape index (κ1) is 20.4. The zero-order valence-electron chi connectivity index (χ0n) is 17.5. The highest BCUT2D eigenvalue weighted by molar-refractivity contribution is 7.18. The normalized spacial score (nSPS) is 14.8. The largest absolute Gasteiger partial charge is 0.240 e. The van der Waals surface area contributed by atoms with E-state index in [1.807, 2.05) is 11.3 Å². The molecule has 1 aromatic carbocycles. The van der Waals surface area contributed by atoms with Crippen molar-refractivity contribution < 1.29 is 0 Å². The fourth-order valence-corrected chi connectivity index (χ4v) is 4.75. The predicted octanol–water partition coefficient (Wildman–Crippen LogP) is 7.93. The van der Waals surface area contributed by atoms with Crippen LogP contribution in [0.5, 0.6) is 0 Å². The fourth-order valence-electron chi connectivity index (χ4n) is 3.43. The lowest BCUT2D eigenvalue weighted by Crippen LogP contribution is -2.20. The van der Waals surface area contributed by atoms with Gasteiger partial charge in [0.2, 0.25) is 0 Å². The summed E-state index contributed by atoms with van der Waals surface area (Å²) in [6.07, 6.45) is 8.92. The number of hydrogen-bond donors (Lipinski definition) is 0. The van der Waals surface area contributed by atoms with Gasteiger partial charge in [0, 0.05) is 5.41 Å². The number of fused-ring (bicyclic) bond motifs is 1. The molecule has 1 unspecified atom stereocenters. The Labute approximate surface area is 159 Å². The van der Waals surface area contributed by atoms with Gasteiger partial charge in [-0.15, -0.1) is 11.3 Å². The second kappa shape index (κ2) is 8.20. The molecule has 1 aromatic heterocycles. The van der Waals surface area contributed by atoms with Gasteiger partial charge in [-0.2, -0.15) is 0 Å². The maximum absolute atomic E-state index is 5.12. The van der Waals surface area contributed by atoms with Crippen molar-refractivity contribution in [3.05, 3.63) is 28.3 Å². The minimum Gasteiger partial charge on any atom is -0.240 e. The molecule has 2 heteroatoms. The Hall–Kier alpha value is -0.890. The van der Waals surface area contributed by atoms with Crippen LogP contribution in [0.2, 0.25) is 0 Å². The summed E-state index contributed by atoms with van der Waals surface area (Å²) in [6, 6.07) is 4.76. The minimum atomic E-state index is 0.226. The topological polar surface area (TPSA) is 12.9 Å². The minimum absolute atomic E-state index is 0.226. The van der Waals surface area contributed by atoms with E-state index in [0.29, 0.717) is 0 Å². The van der Waals surface area contributed by atoms with Crippen LogP contribution in [0.25, 0.3) is 10.2 Å². The summed E-state index contributed by atoms with van der Waals surface area (Å²) < 4.78 is 1.37. The summed E-state index contributed by atoms with van der Waals surface area (Å²) in [5.74, 6) is 0. The van der Waals surface area contributed by atoms with Crippen molar-refractivity contribution >= 4 is 21.6 Å². The van der Waals surface area contributed by atoms with Crippen molar-refractivity contribution in [2.45, 2.75) is 104 Å². The molecule has 1 heterocycles. The standard InChI is InChI=1S/C23H37NS/c1-8-11-12-13-14-23(7,10-3)21-24-20-17(4)15-18(16-19(20)25-21)22(5,6)9-2/h15-16H,8-14H2,1-7H3. The van der Waals surface area contributed by atoms with E-state index < -0.39 is 0 Å². The van der Waals surface area contributed by atoms with Crippen molar-refractivity contribution in [3.63, 3.8) is 0 Å². The molecule has 0 saturated heterocycles. The number of benzene rings is 1. The maximum Gasteiger partial charge on any atom is 0.0997 e. The molecule has 0 aliphatic heterocycles. The van der Waals surface area contributed by atoms with Crippen LogP contribution in [0, 0.1) is 6.92 Å². The third kappa shape index (κ3) is 4.45. The van der Waals surface area contributed by atoms with Crippen LogP contribution in [0.4, 0.5) is 0 Å². The second-order valence-electron chi connectivity index (χ2n) is 8.62. The zero-order chi connectivity index (χ0) is 18.7. The van der Waals surface area contributed by atoms with Gasteiger partial charge in [-0.05, 0) is 48.8 Å². The lowest BCUT2D eigenvalue weighted by molar-refractivity contribution is 0.395. The van der Waals surface area contributed by atoms with E-state index in [0.717, 1.165) is 6.42 Å². The second-order valence-corrected chi connectivity index (χ2v) is 9.65. The summed E-state index contributed by atoms with van der Waals surface area (Å²) in [5, 5.41) is 1.34. The Balaban J connectivity index is 2.37. The van der Waals surface area contributed by atoms with Crippen LogP contribution in [-0.4, -0.2) is 4.98 Å². The van der Waals surface area contributed by atoms with E-state index in [2.05, 4.69) is 60.6 Å². The highest BCUT2D eigenvalue weighted by Gasteiger charge is 2.29. The van der Waals surface area contributed by atoms with Gasteiger partial charge in [0.05, 0.1) is 15.2 Å². The molecule has 2 aromatic rings. The molecule has 25 heavy (non-hydrogen) atoms. The Bertz CT molecular complexity index is 697. The Kier molecular flexibility index (Phi) is 6.70. The average Bonchev–Trinajstić information content (AvgIpc) is 3.04. The molecule has 0 saturated carbocycles. The summed E-state index contributed by atoms with van der Waals surface area (Å²) in [6.45, 7) is 16.2. The van der Waals surface area contributed by atoms with Gasteiger partial charge in [-0.1, -0.05) is 73.3 Å². The van der Waals surface area contributed by atoms with E-state index in [4.69, 9.17) is 4.98 Å². The molecule has 0 spiro atoms. The molecule has 0 amide bonds. The highest BCUT2D eigenvalue weighted by atomic mass is 32.1. The van der Waals surface area contributed by atoms with Gasteiger partial charge in [-0.25, -0.2) is 4.98 Å². The Morgan fingerprint density at radius 3 is 2.28 bits per heavy atom. The van der Waals surface area contributed by atoms with E-state index in [-0.39, 0.29) is 10.8 Å². The lowest BCUT2D eigenvalue weighted by Gasteiger charge is -2.25. The number of rotatable bonds is 9. The van der Waals surface area contributed by atoms with Crippen molar-refractivity contribution in [3.8, 4) is 0 Å². The van der Waals surface area contributed by atoms with Crippen molar-refractivity contribution in [2.75, 3.05) is 0 Å². The van der Waals surface area contributed by atoms with Crippen LogP contribution in [-0.2, 0) is 10.8 Å². The summed E-state index contributed by atoms with van der Waals surface area (Å²) >= 11 is 1.94. The monoisotopic (exact) mass is 359 g/mol. The van der Waals surface area contributed by atoms with Crippen molar-refractivity contribution in [1.29, 1.82) is 0 Å². The molecule has 0 aliphatic carbocycles. The third-order valence-corrected chi connectivity index (χ3v) is 7.54. The number of hydrogen-bond acceptors (Lipinski definition) is 2. The van der Waals surface area contributed by atoms with E-state index >= 15 is 0 Å². The maximum atomic E-state index is 5.12. The number of aromatic nitrogens is 1. The molecule has 0 radical (unpaired) electrons. The quantitative estimate of drug-likeness (QED) is 0.414. The van der Waals surface area contributed by atoms with Gasteiger partial charge >= 0.3 is 0 Å². The van der Waals surface area contributed by atoms with Crippen LogP contribution in [0.15, 0.2) is 12.1 Å². The predicted molar refractivity (Wildman–Crippen MR) is 114 cm³/mol. The molecule has 0 aliphatic rings. The number of aryl methyl sites for hydroxylation is 1. The number of nitrogens with zero attached hydrogens (tertiary/aromatic N) is 1. The smallest absolute Gasteiger partial charge is 0.0997 e. The molecule has 1 atom stereocenters. The SMILES string of the molecule is CCCCCCC(C)(CC)c1nc2c(C)cc(C(C)(C)CC)cc2s1. The van der Waals surface area contributed by atoms with Crippen LogP contribution < -0.4 is 0 Å². The van der Waals surface area contributed by atoms with Crippen LogP contribution in [0.3, 0.4) is 0 Å². The molecule has 2 rings (SSSR count). The fraction of sp³-hybridized carbons (Fsp3) is 0.696. The molecular weight excluding hydrogens is 322 g/mol. The summed E-state index contributed by atoms with van der Waals surface area (Å²) in [5.41, 5.74) is 4.47. The third-order valence-electron chi connectivity index (χ3n) is 6.23. The van der Waals surface area contributed by atoms with Gasteiger partial charge in [0.1, 0.15) is 0 Å². The van der Waals surface area contributed by atoms with E-state index in [9.17, 15) is 0 Å². The molecule has 0 fully saturated rings. The number of unbranched alkanes of at least 4 members (excludes halogenated alkanes) is 3. The van der Waals surface area contributed by atoms with Crippen LogP contribution >= 0.6 is 11.3 Å². The first-order chi connectivity index (χ1) is 11.8. The molecule has 0 N–H and O–H groups in total. The van der Waals surface area contributed by atoms with Gasteiger partial charge < -0.3 is 0 Å². The summed E-state index contributed by atoms with van der Waals surface area (Å²) in [7, 11) is 0. The van der Waals surface area contributed by atoms with Crippen molar-refractivity contribution in [2.24, 2.45) is 0 Å². The highest BCUT2D eigenvalue weighted by Crippen LogP contribution is 2.40. The van der Waals surface area contributed by atoms with Gasteiger partial charge in [0.15, 0.2) is 0 Å². The van der Waals surface area contributed by atoms with Gasteiger partial charge in [0.25, 0.3) is 0 Å². The molecule has 0 bridgehead atoms. The van der Waals surface area contributed by atoms with E-state index in [1.165, 1.54) is 64.9 Å². The van der Waals surface area contributed by atoms with Gasteiger partial charge in [-0.3, -0.25) is 0 Å². The molecular formula is C23H37NS. The molecule has 1 nitrogen and oxygen atoms in total. The first-order valence-electron chi connectivity index (χ1n) is 10.2. The Morgan fingerprint density at radius 2 is 1.68 bits per heavy atom. The van der Waals surface area contributed by atoms with Crippen molar-refractivity contribution in [1.82, 2.24) is 4.98 Å². The Morgan fingerprint density at radius 1 is 0.960 bits per heavy atom. The first-order valence-corrected chi connectivity index (χ1v) is 11.0. The number of thiazole rings is 1. The summed E-state index contributed by atoms with van der Waals surface area (Å²) in [4.78, 5) is 5.12. The van der Waals surface area contributed by atoms with E-state index in [1.54, 1.807) is 0 Å².